The van der Waals surface area contributed by atoms with Crippen LogP contribution in [0.4, 0.5) is 0 Å². The van der Waals surface area contributed by atoms with Crippen LogP contribution in [0.15, 0.2) is 34.7 Å². The van der Waals surface area contributed by atoms with Gasteiger partial charge in [0.25, 0.3) is 5.91 Å². The number of hydroxylamine groups is 2. The lowest BCUT2D eigenvalue weighted by Gasteiger charge is -2.29. The van der Waals surface area contributed by atoms with Gasteiger partial charge in [0.15, 0.2) is 5.76 Å². The van der Waals surface area contributed by atoms with Crippen LogP contribution in [0, 0.1) is 12.8 Å². The zero-order valence-corrected chi connectivity index (χ0v) is 25.0. The minimum Gasteiger partial charge on any atom is -0.494 e. The Bertz CT molecular complexity index is 998. The molecule has 0 radical (unpaired) electrons. The lowest BCUT2D eigenvalue weighted by Crippen LogP contribution is -2.47. The number of carbonyl (C=O) groups excluding carboxylic acids is 4. The number of ether oxygens (including phenoxy) is 1. The van der Waals surface area contributed by atoms with Crippen molar-refractivity contribution in [2.75, 3.05) is 27.5 Å². The van der Waals surface area contributed by atoms with Gasteiger partial charge in [-0.25, -0.2) is 5.06 Å². The van der Waals surface area contributed by atoms with Crippen LogP contribution in [0.2, 0.25) is 0 Å². The van der Waals surface area contributed by atoms with E-state index in [0.717, 1.165) is 50.4 Å². The number of aryl methyl sites for hydroxylation is 1. The van der Waals surface area contributed by atoms with Crippen molar-refractivity contribution in [1.82, 2.24) is 15.7 Å². The second-order valence-corrected chi connectivity index (χ2v) is 8.42. The summed E-state index contributed by atoms with van der Waals surface area (Å²) in [6.07, 6.45) is 3.98. The van der Waals surface area contributed by atoms with Gasteiger partial charge in [-0.15, -0.1) is 0 Å². The minimum absolute atomic E-state index is 0.111. The van der Waals surface area contributed by atoms with E-state index in [2.05, 4.69) is 17.6 Å². The maximum atomic E-state index is 12.8. The zero-order chi connectivity index (χ0) is 31.8. The maximum absolute atomic E-state index is 12.8. The molecule has 0 saturated heterocycles. The summed E-state index contributed by atoms with van der Waals surface area (Å²) in [6.45, 7) is 10.2. The number of furan rings is 1. The monoisotopic (exact) mass is 581 g/mol. The normalized spacial score (nSPS) is 11.0. The third-order valence-electron chi connectivity index (χ3n) is 5.77. The molecule has 41 heavy (non-hydrogen) atoms. The number of rotatable bonds is 15. The zero-order valence-electron chi connectivity index (χ0n) is 25.0. The van der Waals surface area contributed by atoms with Crippen molar-refractivity contribution < 1.29 is 43.8 Å². The van der Waals surface area contributed by atoms with Crippen LogP contribution in [-0.2, 0) is 14.4 Å². The van der Waals surface area contributed by atoms with Gasteiger partial charge in [-0.3, -0.25) is 19.6 Å². The van der Waals surface area contributed by atoms with Gasteiger partial charge in [0.2, 0.25) is 12.3 Å². The van der Waals surface area contributed by atoms with Gasteiger partial charge in [0.05, 0.1) is 25.2 Å². The average Bonchev–Trinajstić information content (AvgIpc) is 3.50. The molecule has 0 saturated carbocycles. The summed E-state index contributed by atoms with van der Waals surface area (Å²) in [5, 5.41) is 29.8. The van der Waals surface area contributed by atoms with Crippen molar-refractivity contribution in [2.45, 2.75) is 65.8 Å². The van der Waals surface area contributed by atoms with Gasteiger partial charge in [-0.05, 0) is 62.6 Å². The van der Waals surface area contributed by atoms with Crippen molar-refractivity contribution in [2.24, 2.45) is 5.92 Å². The fraction of sp³-hybridized carbons (Fsp3) is 0.517. The van der Waals surface area contributed by atoms with Crippen LogP contribution in [0.5, 0.6) is 5.75 Å². The Balaban J connectivity index is 0. The summed E-state index contributed by atoms with van der Waals surface area (Å²) >= 11 is 0. The number of unbranched alkanes of at least 4 members (excludes halogenated alkanes) is 2. The largest absolute Gasteiger partial charge is 0.494 e. The maximum Gasteiger partial charge on any atom is 0.288 e. The first-order valence-electron chi connectivity index (χ1n) is 13.4. The van der Waals surface area contributed by atoms with E-state index in [1.165, 1.54) is 0 Å². The molecule has 0 aliphatic carbocycles. The number of benzene rings is 1. The Labute approximate surface area is 242 Å². The number of amides is 3. The third kappa shape index (κ3) is 13.9. The Morgan fingerprint density at radius 2 is 1.71 bits per heavy atom. The van der Waals surface area contributed by atoms with Crippen LogP contribution >= 0.6 is 0 Å². The first-order valence-corrected chi connectivity index (χ1v) is 13.4. The molecule has 232 valence electrons. The fourth-order valence-electron chi connectivity index (χ4n) is 4.03. The molecule has 0 spiro atoms. The molecule has 1 aromatic carbocycles. The summed E-state index contributed by atoms with van der Waals surface area (Å²) in [6, 6.07) is 8.37. The van der Waals surface area contributed by atoms with Gasteiger partial charge in [-0.1, -0.05) is 33.1 Å². The van der Waals surface area contributed by atoms with E-state index in [1.54, 1.807) is 19.1 Å². The van der Waals surface area contributed by atoms with Crippen LogP contribution in [0.1, 0.15) is 69.0 Å². The molecule has 12 heteroatoms. The molecule has 3 amide bonds. The standard InChI is InChI=1S/C26H37N3O6.2CH4O.CH2O/c1-5-8-9-10-21(22(6-2)29(33)17-30)25(31)27-16-28-26(32)24-12-11-23(35-24)19-13-18(4)14-20(15-19)34-7-3;3*1-2/h11-15,17,21-22,33H,5-10,16H2,1-4H3,(H,27,31)(H,28,32);2*2H,1H3;1H2. The van der Waals surface area contributed by atoms with Gasteiger partial charge in [0, 0.05) is 19.8 Å². The number of hydrogen-bond acceptors (Lipinski definition) is 9. The van der Waals surface area contributed by atoms with Crippen LogP contribution in [0.25, 0.3) is 11.3 Å². The summed E-state index contributed by atoms with van der Waals surface area (Å²) in [5.74, 6) is -0.0279. The molecule has 2 rings (SSSR count). The predicted molar refractivity (Wildman–Crippen MR) is 155 cm³/mol. The van der Waals surface area contributed by atoms with Gasteiger partial charge < -0.3 is 34.8 Å². The number of carbonyl (C=O) groups is 4. The van der Waals surface area contributed by atoms with Crippen molar-refractivity contribution >= 4 is 25.0 Å². The van der Waals surface area contributed by atoms with E-state index in [-0.39, 0.29) is 18.3 Å². The lowest BCUT2D eigenvalue weighted by molar-refractivity contribution is -0.168. The molecule has 0 aliphatic rings. The molecular formula is C29H47N3O9. The van der Waals surface area contributed by atoms with Crippen molar-refractivity contribution in [3.05, 3.63) is 41.7 Å². The predicted octanol–water partition coefficient (Wildman–Crippen LogP) is 3.31. The third-order valence-corrected chi connectivity index (χ3v) is 5.77. The molecule has 0 bridgehead atoms. The number of nitrogens with zero attached hydrogens (tertiary/aromatic N) is 1. The molecule has 0 fully saturated rings. The van der Waals surface area contributed by atoms with Crippen LogP contribution in [-0.4, -0.2) is 79.0 Å². The van der Waals surface area contributed by atoms with Crippen molar-refractivity contribution in [3.8, 4) is 17.1 Å². The van der Waals surface area contributed by atoms with Crippen molar-refractivity contribution in [1.29, 1.82) is 0 Å². The molecule has 1 aromatic heterocycles. The molecule has 1 heterocycles. The SMILES string of the molecule is C=O.CCCCCC(C(=O)NCNC(=O)c1ccc(-c2cc(C)cc(OCC)c2)o1)C(CC)N(O)C=O.CO.CO. The highest BCUT2D eigenvalue weighted by Crippen LogP contribution is 2.28. The quantitative estimate of drug-likeness (QED) is 0.0693. The van der Waals surface area contributed by atoms with E-state index < -0.39 is 17.9 Å². The van der Waals surface area contributed by atoms with Gasteiger partial charge >= 0.3 is 0 Å². The summed E-state index contributed by atoms with van der Waals surface area (Å²) in [4.78, 5) is 44.5. The first kappa shape index (κ1) is 39.4. The first-order chi connectivity index (χ1) is 19.8. The Morgan fingerprint density at radius 1 is 1.05 bits per heavy atom. The van der Waals surface area contributed by atoms with E-state index in [9.17, 15) is 19.6 Å². The van der Waals surface area contributed by atoms with E-state index in [0.29, 0.717) is 36.7 Å². The Morgan fingerprint density at radius 3 is 2.27 bits per heavy atom. The van der Waals surface area contributed by atoms with E-state index in [4.69, 9.17) is 24.2 Å². The highest BCUT2D eigenvalue weighted by atomic mass is 16.5. The fourth-order valence-corrected chi connectivity index (χ4v) is 4.03. The van der Waals surface area contributed by atoms with Gasteiger partial charge in [-0.2, -0.15) is 0 Å². The van der Waals surface area contributed by atoms with Crippen LogP contribution < -0.4 is 15.4 Å². The second kappa shape index (κ2) is 24.1. The second-order valence-electron chi connectivity index (χ2n) is 8.42. The molecule has 2 unspecified atom stereocenters. The molecule has 2 aromatic rings. The Hall–Kier alpha value is -3.74. The van der Waals surface area contributed by atoms with E-state index in [1.807, 2.05) is 38.8 Å². The minimum atomic E-state index is -0.636. The smallest absolute Gasteiger partial charge is 0.288 e. The number of aliphatic hydroxyl groups excluding tert-OH is 2. The van der Waals surface area contributed by atoms with Crippen LogP contribution in [0.3, 0.4) is 0 Å². The highest BCUT2D eigenvalue weighted by molar-refractivity contribution is 5.92. The Kier molecular flexibility index (Phi) is 23.2. The average molecular weight is 582 g/mol. The topological polar surface area (TPSA) is 179 Å². The molecule has 0 aliphatic heterocycles. The van der Waals surface area contributed by atoms with E-state index >= 15 is 0 Å². The van der Waals surface area contributed by atoms with Gasteiger partial charge in [0.1, 0.15) is 18.3 Å². The molecule has 12 nitrogen and oxygen atoms in total. The number of hydrogen-bond donors (Lipinski definition) is 5. The summed E-state index contributed by atoms with van der Waals surface area (Å²) in [5.41, 5.74) is 1.80. The molecule has 5 N–H and O–H groups in total. The molecule has 2 atom stereocenters. The summed E-state index contributed by atoms with van der Waals surface area (Å²) < 4.78 is 11.3. The lowest BCUT2D eigenvalue weighted by atomic mass is 9.90. The molecular weight excluding hydrogens is 534 g/mol. The number of nitrogens with one attached hydrogen (secondary N) is 2. The number of aliphatic hydroxyl groups is 2. The summed E-state index contributed by atoms with van der Waals surface area (Å²) in [7, 11) is 2.00. The highest BCUT2D eigenvalue weighted by Gasteiger charge is 2.30. The van der Waals surface area contributed by atoms with Crippen molar-refractivity contribution in [3.63, 3.8) is 0 Å².